The summed E-state index contributed by atoms with van der Waals surface area (Å²) in [5.74, 6) is 1.68. The minimum Gasteiger partial charge on any atom is -0.495 e. The molecular weight excluding hydrogens is 286 g/mol. The summed E-state index contributed by atoms with van der Waals surface area (Å²) in [5, 5.41) is 0. The average Bonchev–Trinajstić information content (AvgIpc) is 3.16. The van der Waals surface area contributed by atoms with Gasteiger partial charge in [-0.25, -0.2) is 0 Å². The number of ether oxygens (including phenoxy) is 2. The van der Waals surface area contributed by atoms with Crippen LogP contribution in [0.3, 0.4) is 0 Å². The lowest BCUT2D eigenvalue weighted by Crippen LogP contribution is -2.43. The quantitative estimate of drug-likeness (QED) is 0.761. The lowest BCUT2D eigenvalue weighted by molar-refractivity contribution is -0.120. The van der Waals surface area contributed by atoms with Crippen molar-refractivity contribution in [1.82, 2.24) is 4.98 Å². The summed E-state index contributed by atoms with van der Waals surface area (Å²) in [4.78, 5) is 4.82. The zero-order valence-electron chi connectivity index (χ0n) is 14.8. The number of methoxy groups -OCH3 is 1. The smallest absolute Gasteiger partial charge is 0.140 e. The van der Waals surface area contributed by atoms with Crippen LogP contribution >= 0.6 is 0 Å². The fourth-order valence-corrected chi connectivity index (χ4v) is 4.47. The first-order valence-electron chi connectivity index (χ1n) is 9.44. The number of pyridine rings is 1. The number of aromatic nitrogens is 1. The monoisotopic (exact) mass is 317 g/mol. The Kier molecular flexibility index (Phi) is 5.58. The molecule has 0 spiro atoms. The Bertz CT molecular complexity index is 502. The molecule has 1 aromatic heterocycles. The molecule has 0 aromatic carbocycles. The van der Waals surface area contributed by atoms with E-state index >= 15 is 0 Å². The highest BCUT2D eigenvalue weighted by Gasteiger charge is 2.42. The van der Waals surface area contributed by atoms with E-state index in [2.05, 4.69) is 19.1 Å². The summed E-state index contributed by atoms with van der Waals surface area (Å²) in [7, 11) is 1.75. The second-order valence-corrected chi connectivity index (χ2v) is 7.16. The molecule has 0 N–H and O–H groups in total. The second-order valence-electron chi connectivity index (χ2n) is 7.16. The molecule has 2 aliphatic rings. The lowest BCUT2D eigenvalue weighted by Gasteiger charge is -2.42. The highest BCUT2D eigenvalue weighted by Crippen LogP contribution is 2.44. The SMILES string of the molecule is CCc1ccc(OC)c(CCC2(C3CCCC3)CCCCO2)n1. The number of aryl methyl sites for hydroxylation is 2. The van der Waals surface area contributed by atoms with Crippen LogP contribution in [0.15, 0.2) is 12.1 Å². The van der Waals surface area contributed by atoms with Crippen LogP contribution in [-0.4, -0.2) is 24.3 Å². The van der Waals surface area contributed by atoms with E-state index < -0.39 is 0 Å². The van der Waals surface area contributed by atoms with Crippen molar-refractivity contribution in [1.29, 1.82) is 0 Å². The van der Waals surface area contributed by atoms with Crippen LogP contribution in [0.2, 0.25) is 0 Å². The molecule has 1 saturated heterocycles. The first-order chi connectivity index (χ1) is 11.3. The molecule has 0 bridgehead atoms. The number of nitrogens with zero attached hydrogens (tertiary/aromatic N) is 1. The first-order valence-corrected chi connectivity index (χ1v) is 9.44. The first kappa shape index (κ1) is 16.8. The van der Waals surface area contributed by atoms with E-state index in [9.17, 15) is 0 Å². The molecular formula is C20H31NO2. The van der Waals surface area contributed by atoms with Crippen LogP contribution in [-0.2, 0) is 17.6 Å². The van der Waals surface area contributed by atoms with Crippen LogP contribution < -0.4 is 4.74 Å². The maximum absolute atomic E-state index is 6.43. The Morgan fingerprint density at radius 2 is 2.04 bits per heavy atom. The molecule has 1 aliphatic carbocycles. The molecule has 1 unspecified atom stereocenters. The maximum atomic E-state index is 6.43. The molecule has 2 heterocycles. The Morgan fingerprint density at radius 1 is 1.22 bits per heavy atom. The lowest BCUT2D eigenvalue weighted by atomic mass is 9.77. The van der Waals surface area contributed by atoms with E-state index in [1.807, 2.05) is 0 Å². The van der Waals surface area contributed by atoms with Crippen molar-refractivity contribution in [3.8, 4) is 5.75 Å². The summed E-state index contributed by atoms with van der Waals surface area (Å²) in [5.41, 5.74) is 2.36. The average molecular weight is 317 g/mol. The van der Waals surface area contributed by atoms with Gasteiger partial charge in [0.05, 0.1) is 18.4 Å². The van der Waals surface area contributed by atoms with Gasteiger partial charge in [0.25, 0.3) is 0 Å². The predicted molar refractivity (Wildman–Crippen MR) is 93.0 cm³/mol. The van der Waals surface area contributed by atoms with Crippen LogP contribution in [0, 0.1) is 5.92 Å². The van der Waals surface area contributed by atoms with Gasteiger partial charge < -0.3 is 9.47 Å². The largest absolute Gasteiger partial charge is 0.495 e. The van der Waals surface area contributed by atoms with E-state index in [0.717, 1.165) is 48.9 Å². The molecule has 1 saturated carbocycles. The van der Waals surface area contributed by atoms with Crippen molar-refractivity contribution in [2.24, 2.45) is 5.92 Å². The van der Waals surface area contributed by atoms with Gasteiger partial charge >= 0.3 is 0 Å². The Labute approximate surface area is 140 Å². The van der Waals surface area contributed by atoms with Crippen molar-refractivity contribution in [2.45, 2.75) is 76.7 Å². The normalized spacial score (nSPS) is 25.7. The highest BCUT2D eigenvalue weighted by molar-refractivity contribution is 5.30. The molecule has 128 valence electrons. The van der Waals surface area contributed by atoms with Gasteiger partial charge in [-0.1, -0.05) is 19.8 Å². The molecule has 23 heavy (non-hydrogen) atoms. The van der Waals surface area contributed by atoms with Gasteiger partial charge in [-0.2, -0.15) is 0 Å². The van der Waals surface area contributed by atoms with Crippen LogP contribution in [0.5, 0.6) is 5.75 Å². The van der Waals surface area contributed by atoms with E-state index in [1.54, 1.807) is 7.11 Å². The Morgan fingerprint density at radius 3 is 2.70 bits per heavy atom. The van der Waals surface area contributed by atoms with Gasteiger partial charge in [-0.15, -0.1) is 0 Å². The molecule has 2 fully saturated rings. The van der Waals surface area contributed by atoms with E-state index in [-0.39, 0.29) is 5.60 Å². The van der Waals surface area contributed by atoms with Gasteiger partial charge in [0.15, 0.2) is 0 Å². The molecule has 3 rings (SSSR count). The molecule has 0 amide bonds. The molecule has 3 heteroatoms. The van der Waals surface area contributed by atoms with Gasteiger partial charge in [-0.05, 0) is 69.4 Å². The number of hydrogen-bond acceptors (Lipinski definition) is 3. The topological polar surface area (TPSA) is 31.4 Å². The Hall–Kier alpha value is -1.09. The third kappa shape index (κ3) is 3.71. The molecule has 1 aliphatic heterocycles. The third-order valence-electron chi connectivity index (χ3n) is 5.84. The summed E-state index contributed by atoms with van der Waals surface area (Å²) < 4.78 is 12.0. The summed E-state index contributed by atoms with van der Waals surface area (Å²) in [6.45, 7) is 3.10. The zero-order valence-corrected chi connectivity index (χ0v) is 14.8. The van der Waals surface area contributed by atoms with Crippen molar-refractivity contribution in [3.63, 3.8) is 0 Å². The fourth-order valence-electron chi connectivity index (χ4n) is 4.47. The predicted octanol–water partition coefficient (Wildman–Crippen LogP) is 4.71. The molecule has 3 nitrogen and oxygen atoms in total. The molecule has 0 radical (unpaired) electrons. The van der Waals surface area contributed by atoms with Gasteiger partial charge in [0.1, 0.15) is 5.75 Å². The van der Waals surface area contributed by atoms with Crippen LogP contribution in [0.25, 0.3) is 0 Å². The zero-order chi connectivity index (χ0) is 16.1. The summed E-state index contributed by atoms with van der Waals surface area (Å²) in [6.07, 6.45) is 12.2. The number of rotatable bonds is 6. The number of hydrogen-bond donors (Lipinski definition) is 0. The molecule has 1 aromatic rings. The standard InChI is InChI=1S/C20H31NO2/c1-3-17-10-11-19(22-2)18(21-17)12-14-20(13-6-7-15-23-20)16-8-4-5-9-16/h10-11,16H,3-9,12-15H2,1-2H3. The minimum atomic E-state index is 0.101. The Balaban J connectivity index is 1.76. The van der Waals surface area contributed by atoms with Gasteiger partial charge in [0.2, 0.25) is 0 Å². The third-order valence-corrected chi connectivity index (χ3v) is 5.84. The van der Waals surface area contributed by atoms with Crippen molar-refractivity contribution >= 4 is 0 Å². The van der Waals surface area contributed by atoms with Crippen molar-refractivity contribution in [3.05, 3.63) is 23.5 Å². The van der Waals surface area contributed by atoms with Gasteiger partial charge in [0, 0.05) is 12.3 Å². The van der Waals surface area contributed by atoms with Crippen LogP contribution in [0.1, 0.15) is 69.7 Å². The molecule has 1 atom stereocenters. The van der Waals surface area contributed by atoms with Crippen LogP contribution in [0.4, 0.5) is 0 Å². The highest BCUT2D eigenvalue weighted by atomic mass is 16.5. The fraction of sp³-hybridized carbons (Fsp3) is 0.750. The van der Waals surface area contributed by atoms with Crippen molar-refractivity contribution < 1.29 is 9.47 Å². The van der Waals surface area contributed by atoms with E-state index in [1.165, 1.54) is 44.9 Å². The van der Waals surface area contributed by atoms with E-state index in [0.29, 0.717) is 0 Å². The maximum Gasteiger partial charge on any atom is 0.140 e. The van der Waals surface area contributed by atoms with Crippen molar-refractivity contribution in [2.75, 3.05) is 13.7 Å². The van der Waals surface area contributed by atoms with E-state index in [4.69, 9.17) is 14.5 Å². The minimum absolute atomic E-state index is 0.101. The summed E-state index contributed by atoms with van der Waals surface area (Å²) in [6, 6.07) is 4.15. The van der Waals surface area contributed by atoms with Gasteiger partial charge in [-0.3, -0.25) is 4.98 Å². The second kappa shape index (κ2) is 7.65. The summed E-state index contributed by atoms with van der Waals surface area (Å²) >= 11 is 0.